The zero-order valence-electron chi connectivity index (χ0n) is 11.6. The van der Waals surface area contributed by atoms with E-state index in [1.54, 1.807) is 32.1 Å². The summed E-state index contributed by atoms with van der Waals surface area (Å²) in [7, 11) is 4.95. The molecule has 1 aromatic rings. The monoisotopic (exact) mass is 280 g/mol. The number of hydrogen-bond acceptors (Lipinski definition) is 3. The van der Waals surface area contributed by atoms with E-state index in [9.17, 15) is 14.0 Å². The SMILES string of the molecule is CN(C)C(=O)CN(C)c1cc(F)cc(/C=C/C(=O)O)c1. The zero-order chi connectivity index (χ0) is 15.3. The van der Waals surface area contributed by atoms with Gasteiger partial charge in [-0.2, -0.15) is 0 Å². The summed E-state index contributed by atoms with van der Waals surface area (Å²) in [6.07, 6.45) is 2.24. The number of likely N-dealkylation sites (N-methyl/N-ethyl adjacent to an activating group) is 2. The first-order chi connectivity index (χ1) is 9.29. The number of carbonyl (C=O) groups is 2. The topological polar surface area (TPSA) is 60.9 Å². The first-order valence-corrected chi connectivity index (χ1v) is 5.92. The molecule has 0 aliphatic carbocycles. The smallest absolute Gasteiger partial charge is 0.328 e. The van der Waals surface area contributed by atoms with E-state index in [4.69, 9.17) is 5.11 Å². The summed E-state index contributed by atoms with van der Waals surface area (Å²) >= 11 is 0. The highest BCUT2D eigenvalue weighted by molar-refractivity contribution is 5.85. The molecule has 0 fully saturated rings. The Morgan fingerprint density at radius 2 is 1.90 bits per heavy atom. The Bertz CT molecular complexity index is 541. The van der Waals surface area contributed by atoms with Crippen LogP contribution in [0.25, 0.3) is 6.08 Å². The van der Waals surface area contributed by atoms with Gasteiger partial charge >= 0.3 is 5.97 Å². The molecule has 0 saturated heterocycles. The van der Waals surface area contributed by atoms with Crippen LogP contribution in [0.3, 0.4) is 0 Å². The summed E-state index contributed by atoms with van der Waals surface area (Å²) in [6.45, 7) is 0.110. The van der Waals surface area contributed by atoms with Crippen LogP contribution in [-0.4, -0.2) is 49.6 Å². The van der Waals surface area contributed by atoms with Gasteiger partial charge in [-0.15, -0.1) is 0 Å². The molecule has 6 heteroatoms. The van der Waals surface area contributed by atoms with Crippen LogP contribution >= 0.6 is 0 Å². The van der Waals surface area contributed by atoms with Crippen molar-refractivity contribution in [2.75, 3.05) is 32.6 Å². The first-order valence-electron chi connectivity index (χ1n) is 5.92. The minimum absolute atomic E-state index is 0.110. The lowest BCUT2D eigenvalue weighted by Gasteiger charge is -2.21. The number of rotatable bonds is 5. The van der Waals surface area contributed by atoms with Crippen LogP contribution in [0.4, 0.5) is 10.1 Å². The molecule has 1 rings (SSSR count). The Hall–Kier alpha value is -2.37. The van der Waals surface area contributed by atoms with Crippen LogP contribution in [0.5, 0.6) is 0 Å². The van der Waals surface area contributed by atoms with Crippen LogP contribution in [0.1, 0.15) is 5.56 Å². The van der Waals surface area contributed by atoms with Gasteiger partial charge in [-0.1, -0.05) is 0 Å². The molecular weight excluding hydrogens is 263 g/mol. The quantitative estimate of drug-likeness (QED) is 0.829. The number of anilines is 1. The maximum Gasteiger partial charge on any atom is 0.328 e. The fourth-order valence-electron chi connectivity index (χ4n) is 1.52. The third-order valence-electron chi connectivity index (χ3n) is 2.64. The molecule has 1 aromatic carbocycles. The highest BCUT2D eigenvalue weighted by atomic mass is 19.1. The van der Waals surface area contributed by atoms with Crippen molar-refractivity contribution in [2.45, 2.75) is 0 Å². The minimum Gasteiger partial charge on any atom is -0.478 e. The van der Waals surface area contributed by atoms with Crippen molar-refractivity contribution in [2.24, 2.45) is 0 Å². The fourth-order valence-corrected chi connectivity index (χ4v) is 1.52. The second-order valence-electron chi connectivity index (χ2n) is 4.56. The van der Waals surface area contributed by atoms with Crippen LogP contribution in [-0.2, 0) is 9.59 Å². The van der Waals surface area contributed by atoms with Crippen molar-refractivity contribution in [3.63, 3.8) is 0 Å². The third-order valence-corrected chi connectivity index (χ3v) is 2.64. The second-order valence-corrected chi connectivity index (χ2v) is 4.56. The van der Waals surface area contributed by atoms with E-state index in [1.165, 1.54) is 23.1 Å². The molecule has 108 valence electrons. The lowest BCUT2D eigenvalue weighted by molar-refractivity contribution is -0.131. The van der Waals surface area contributed by atoms with Gasteiger partial charge in [0.15, 0.2) is 0 Å². The van der Waals surface area contributed by atoms with Crippen LogP contribution in [0.15, 0.2) is 24.3 Å². The Labute approximate surface area is 116 Å². The van der Waals surface area contributed by atoms with Crippen molar-refractivity contribution in [3.8, 4) is 0 Å². The average molecular weight is 280 g/mol. The summed E-state index contributed by atoms with van der Waals surface area (Å²) in [6, 6.07) is 4.14. The second kappa shape index (κ2) is 6.70. The normalized spacial score (nSPS) is 10.6. The summed E-state index contributed by atoms with van der Waals surface area (Å²) in [5.41, 5.74) is 0.928. The molecule has 1 amide bonds. The van der Waals surface area contributed by atoms with Gasteiger partial charge in [-0.3, -0.25) is 4.79 Å². The largest absolute Gasteiger partial charge is 0.478 e. The van der Waals surface area contributed by atoms with Gasteiger partial charge < -0.3 is 14.9 Å². The summed E-state index contributed by atoms with van der Waals surface area (Å²) in [5.74, 6) is -1.71. The number of amides is 1. The van der Waals surface area contributed by atoms with E-state index in [2.05, 4.69) is 0 Å². The maximum absolute atomic E-state index is 13.5. The molecule has 5 nitrogen and oxygen atoms in total. The molecule has 0 aromatic heterocycles. The number of carbonyl (C=O) groups excluding carboxylic acids is 1. The Kier molecular flexibility index (Phi) is 5.25. The number of hydrogen-bond donors (Lipinski definition) is 1. The Morgan fingerprint density at radius 1 is 1.25 bits per heavy atom. The number of halogens is 1. The van der Waals surface area contributed by atoms with Crippen molar-refractivity contribution in [3.05, 3.63) is 35.7 Å². The molecule has 20 heavy (non-hydrogen) atoms. The summed E-state index contributed by atoms with van der Waals surface area (Å²) in [5, 5.41) is 8.56. The molecule has 0 saturated carbocycles. The van der Waals surface area contributed by atoms with E-state index in [1.807, 2.05) is 0 Å². The number of carboxylic acids is 1. The third kappa shape index (κ3) is 4.72. The Morgan fingerprint density at radius 3 is 2.45 bits per heavy atom. The van der Waals surface area contributed by atoms with E-state index >= 15 is 0 Å². The molecule has 1 N–H and O–H groups in total. The van der Waals surface area contributed by atoms with Crippen LogP contribution in [0.2, 0.25) is 0 Å². The van der Waals surface area contributed by atoms with Gasteiger partial charge in [0.25, 0.3) is 0 Å². The molecule has 0 radical (unpaired) electrons. The molecule has 0 heterocycles. The van der Waals surface area contributed by atoms with Gasteiger partial charge in [-0.05, 0) is 29.8 Å². The molecular formula is C14H17FN2O3. The Balaban J connectivity index is 2.95. The molecule has 0 unspecified atom stereocenters. The van der Waals surface area contributed by atoms with Crippen molar-refractivity contribution in [1.82, 2.24) is 4.90 Å². The number of aliphatic carboxylic acids is 1. The van der Waals surface area contributed by atoms with Gasteiger partial charge in [0, 0.05) is 32.9 Å². The van der Waals surface area contributed by atoms with E-state index < -0.39 is 11.8 Å². The maximum atomic E-state index is 13.5. The van der Waals surface area contributed by atoms with Crippen molar-refractivity contribution < 1.29 is 19.1 Å². The van der Waals surface area contributed by atoms with Crippen molar-refractivity contribution in [1.29, 1.82) is 0 Å². The zero-order valence-corrected chi connectivity index (χ0v) is 11.6. The van der Waals surface area contributed by atoms with E-state index in [-0.39, 0.29) is 12.5 Å². The first kappa shape index (κ1) is 15.7. The molecule has 0 aliphatic heterocycles. The lowest BCUT2D eigenvalue weighted by Crippen LogP contribution is -2.34. The average Bonchev–Trinajstić information content (AvgIpc) is 2.35. The van der Waals surface area contributed by atoms with Gasteiger partial charge in [0.1, 0.15) is 5.82 Å². The standard InChI is InChI=1S/C14H17FN2O3/c1-16(2)13(18)9-17(3)12-7-10(4-5-14(19)20)6-11(15)8-12/h4-8H,9H2,1-3H3,(H,19,20)/b5-4+. The fraction of sp³-hybridized carbons (Fsp3) is 0.286. The van der Waals surface area contributed by atoms with Crippen molar-refractivity contribution >= 4 is 23.6 Å². The van der Waals surface area contributed by atoms with Crippen LogP contribution in [0, 0.1) is 5.82 Å². The highest BCUT2D eigenvalue weighted by Gasteiger charge is 2.10. The van der Waals surface area contributed by atoms with Gasteiger partial charge in [-0.25, -0.2) is 9.18 Å². The molecule has 0 atom stereocenters. The molecule has 0 bridgehead atoms. The number of carboxylic acid groups (broad SMARTS) is 1. The van der Waals surface area contributed by atoms with Crippen LogP contribution < -0.4 is 4.90 Å². The molecule has 0 aliphatic rings. The molecule has 0 spiro atoms. The number of benzene rings is 1. The van der Waals surface area contributed by atoms with Gasteiger partial charge in [0.05, 0.1) is 6.54 Å². The predicted molar refractivity (Wildman–Crippen MR) is 75.0 cm³/mol. The minimum atomic E-state index is -1.10. The van der Waals surface area contributed by atoms with Gasteiger partial charge in [0.2, 0.25) is 5.91 Å². The summed E-state index contributed by atoms with van der Waals surface area (Å²) in [4.78, 5) is 25.1. The van der Waals surface area contributed by atoms with E-state index in [0.717, 1.165) is 6.08 Å². The lowest BCUT2D eigenvalue weighted by atomic mass is 10.1. The van der Waals surface area contributed by atoms with E-state index in [0.29, 0.717) is 11.3 Å². The number of nitrogens with zero attached hydrogens (tertiary/aromatic N) is 2. The summed E-state index contributed by atoms with van der Waals surface area (Å²) < 4.78 is 13.5. The predicted octanol–water partition coefficient (Wildman–Crippen LogP) is 1.45. The highest BCUT2D eigenvalue weighted by Crippen LogP contribution is 2.18.